The SMILES string of the molecule is COCC1(COP(=O)(O)OC)COCC(c2ccccc2)COC1. The molecule has 0 aliphatic carbocycles. The van der Waals surface area contributed by atoms with Crippen LogP contribution in [0.15, 0.2) is 30.3 Å². The van der Waals surface area contributed by atoms with E-state index in [1.54, 1.807) is 7.11 Å². The van der Waals surface area contributed by atoms with Gasteiger partial charge in [-0.1, -0.05) is 30.3 Å². The molecule has 1 unspecified atom stereocenters. The number of hydrogen-bond acceptors (Lipinski definition) is 6. The van der Waals surface area contributed by atoms with Gasteiger partial charge >= 0.3 is 7.82 Å². The van der Waals surface area contributed by atoms with E-state index in [9.17, 15) is 9.46 Å². The van der Waals surface area contributed by atoms with Crippen LogP contribution in [0.5, 0.6) is 0 Å². The van der Waals surface area contributed by atoms with Gasteiger partial charge in [-0.2, -0.15) is 0 Å². The van der Waals surface area contributed by atoms with Crippen LogP contribution in [-0.4, -0.2) is 58.8 Å². The van der Waals surface area contributed by atoms with Crippen LogP contribution in [0.25, 0.3) is 0 Å². The van der Waals surface area contributed by atoms with Gasteiger partial charge < -0.3 is 19.1 Å². The van der Waals surface area contributed by atoms with Gasteiger partial charge in [0.25, 0.3) is 0 Å². The highest BCUT2D eigenvalue weighted by molar-refractivity contribution is 7.47. The van der Waals surface area contributed by atoms with Crippen molar-refractivity contribution in [2.24, 2.45) is 5.41 Å². The molecular formula is C16H25O7P. The van der Waals surface area contributed by atoms with Gasteiger partial charge in [-0.15, -0.1) is 0 Å². The quantitative estimate of drug-likeness (QED) is 0.747. The molecular weight excluding hydrogens is 335 g/mol. The van der Waals surface area contributed by atoms with Crippen molar-refractivity contribution in [3.05, 3.63) is 35.9 Å². The van der Waals surface area contributed by atoms with Crippen molar-refractivity contribution in [2.45, 2.75) is 5.92 Å². The topological polar surface area (TPSA) is 83.5 Å². The van der Waals surface area contributed by atoms with E-state index in [-0.39, 0.29) is 19.1 Å². The second kappa shape index (κ2) is 9.06. The Kier molecular flexibility index (Phi) is 7.37. The van der Waals surface area contributed by atoms with Crippen LogP contribution in [-0.2, 0) is 27.8 Å². The predicted octanol–water partition coefficient (Wildman–Crippen LogP) is 2.21. The van der Waals surface area contributed by atoms with E-state index < -0.39 is 13.2 Å². The molecule has 1 atom stereocenters. The zero-order valence-corrected chi connectivity index (χ0v) is 14.9. The van der Waals surface area contributed by atoms with Crippen LogP contribution >= 0.6 is 7.82 Å². The number of hydrogen-bond donors (Lipinski definition) is 1. The number of ether oxygens (including phenoxy) is 3. The van der Waals surface area contributed by atoms with Gasteiger partial charge in [0.1, 0.15) is 0 Å². The maximum absolute atomic E-state index is 11.6. The third-order valence-corrected chi connectivity index (χ3v) is 4.86. The van der Waals surface area contributed by atoms with Gasteiger partial charge in [0.05, 0.1) is 45.1 Å². The molecule has 0 radical (unpaired) electrons. The fourth-order valence-electron chi connectivity index (χ4n) is 2.63. The van der Waals surface area contributed by atoms with Gasteiger partial charge in [-0.05, 0) is 5.56 Å². The number of methoxy groups -OCH3 is 1. The summed E-state index contributed by atoms with van der Waals surface area (Å²) in [4.78, 5) is 9.44. The highest BCUT2D eigenvalue weighted by atomic mass is 31.2. The Bertz CT molecular complexity index is 526. The molecule has 0 saturated carbocycles. The van der Waals surface area contributed by atoms with Gasteiger partial charge in [0.2, 0.25) is 0 Å². The predicted molar refractivity (Wildman–Crippen MR) is 87.9 cm³/mol. The summed E-state index contributed by atoms with van der Waals surface area (Å²) >= 11 is 0. The van der Waals surface area contributed by atoms with Gasteiger partial charge in [-0.25, -0.2) is 4.57 Å². The van der Waals surface area contributed by atoms with E-state index in [1.807, 2.05) is 30.3 Å². The van der Waals surface area contributed by atoms with Crippen LogP contribution in [0.1, 0.15) is 11.5 Å². The third-order valence-electron chi connectivity index (χ3n) is 3.94. The van der Waals surface area contributed by atoms with Crippen LogP contribution in [0.2, 0.25) is 0 Å². The Morgan fingerprint density at radius 1 is 1.17 bits per heavy atom. The summed E-state index contributed by atoms with van der Waals surface area (Å²) < 4.78 is 38.0. The second-order valence-corrected chi connectivity index (χ2v) is 7.56. The van der Waals surface area contributed by atoms with Gasteiger partial charge in [-0.3, -0.25) is 9.05 Å². The average Bonchev–Trinajstić information content (AvgIpc) is 2.57. The smallest absolute Gasteiger partial charge is 0.384 e. The van der Waals surface area contributed by atoms with Gasteiger partial charge in [0, 0.05) is 20.1 Å². The normalized spacial score (nSPS) is 27.9. The highest BCUT2D eigenvalue weighted by Gasteiger charge is 2.37. The summed E-state index contributed by atoms with van der Waals surface area (Å²) in [7, 11) is -1.38. The largest absolute Gasteiger partial charge is 0.471 e. The van der Waals surface area contributed by atoms with Crippen LogP contribution in [0.3, 0.4) is 0 Å². The Morgan fingerprint density at radius 3 is 2.33 bits per heavy atom. The molecule has 1 saturated heterocycles. The van der Waals surface area contributed by atoms with E-state index >= 15 is 0 Å². The molecule has 136 valence electrons. The second-order valence-electron chi connectivity index (χ2n) is 6.00. The van der Waals surface area contributed by atoms with Crippen molar-refractivity contribution in [1.82, 2.24) is 0 Å². The lowest BCUT2D eigenvalue weighted by atomic mass is 9.91. The molecule has 0 spiro atoms. The Hall–Kier alpha value is -0.790. The summed E-state index contributed by atoms with van der Waals surface area (Å²) in [6, 6.07) is 10.0. The Morgan fingerprint density at radius 2 is 1.79 bits per heavy atom. The summed E-state index contributed by atoms with van der Waals surface area (Å²) in [5.74, 6) is 0.149. The number of phosphoric acid groups is 1. The molecule has 1 fully saturated rings. The first kappa shape index (κ1) is 19.5. The summed E-state index contributed by atoms with van der Waals surface area (Å²) in [5.41, 5.74) is 0.500. The van der Waals surface area contributed by atoms with Crippen molar-refractivity contribution >= 4 is 7.82 Å². The molecule has 2 rings (SSSR count). The van der Waals surface area contributed by atoms with Crippen LogP contribution < -0.4 is 0 Å². The molecule has 1 aliphatic rings. The molecule has 1 aliphatic heterocycles. The zero-order valence-electron chi connectivity index (χ0n) is 14.1. The molecule has 24 heavy (non-hydrogen) atoms. The van der Waals surface area contributed by atoms with E-state index in [0.717, 1.165) is 12.7 Å². The van der Waals surface area contributed by atoms with E-state index in [4.69, 9.17) is 18.7 Å². The molecule has 1 N–H and O–H groups in total. The van der Waals surface area contributed by atoms with Crippen LogP contribution in [0.4, 0.5) is 0 Å². The minimum Gasteiger partial charge on any atom is -0.384 e. The average molecular weight is 360 g/mol. The highest BCUT2D eigenvalue weighted by Crippen LogP contribution is 2.44. The lowest BCUT2D eigenvalue weighted by Gasteiger charge is -2.35. The minimum atomic E-state index is -4.06. The lowest BCUT2D eigenvalue weighted by molar-refractivity contribution is -0.108. The zero-order chi connectivity index (χ0) is 17.5. The van der Waals surface area contributed by atoms with E-state index in [2.05, 4.69) is 4.52 Å². The van der Waals surface area contributed by atoms with Crippen LogP contribution in [0, 0.1) is 5.41 Å². The molecule has 1 aromatic carbocycles. The van der Waals surface area contributed by atoms with Gasteiger partial charge in [0.15, 0.2) is 0 Å². The third kappa shape index (κ3) is 5.63. The Labute approximate surface area is 142 Å². The maximum Gasteiger partial charge on any atom is 0.471 e. The van der Waals surface area contributed by atoms with Crippen molar-refractivity contribution < 1.29 is 32.7 Å². The van der Waals surface area contributed by atoms with Crippen molar-refractivity contribution in [3.8, 4) is 0 Å². The Balaban J connectivity index is 1.99. The molecule has 8 heteroatoms. The minimum absolute atomic E-state index is 0.0571. The fourth-order valence-corrected chi connectivity index (χ4v) is 3.17. The monoisotopic (exact) mass is 360 g/mol. The summed E-state index contributed by atoms with van der Waals surface area (Å²) in [5, 5.41) is 0. The maximum atomic E-state index is 11.6. The van der Waals surface area contributed by atoms with Crippen molar-refractivity contribution in [3.63, 3.8) is 0 Å². The molecule has 0 bridgehead atoms. The summed E-state index contributed by atoms with van der Waals surface area (Å²) in [6.45, 7) is 1.82. The summed E-state index contributed by atoms with van der Waals surface area (Å²) in [6.07, 6.45) is 0. The van der Waals surface area contributed by atoms with E-state index in [1.165, 1.54) is 0 Å². The molecule has 0 amide bonds. The van der Waals surface area contributed by atoms with Crippen molar-refractivity contribution in [1.29, 1.82) is 0 Å². The number of benzene rings is 1. The first-order valence-electron chi connectivity index (χ1n) is 7.73. The number of phosphoric ester groups is 1. The van der Waals surface area contributed by atoms with Crippen molar-refractivity contribution in [2.75, 3.05) is 53.9 Å². The molecule has 0 aromatic heterocycles. The lowest BCUT2D eigenvalue weighted by Crippen LogP contribution is -2.43. The molecule has 7 nitrogen and oxygen atoms in total. The molecule has 1 aromatic rings. The van der Waals surface area contributed by atoms with E-state index in [0.29, 0.717) is 26.4 Å². The first-order valence-corrected chi connectivity index (χ1v) is 9.22. The first-order chi connectivity index (χ1) is 11.5. The fraction of sp³-hybridized carbons (Fsp3) is 0.625. The number of rotatable bonds is 7. The standard InChI is InChI=1S/C16H25O7P/c1-19-10-16(13-23-24(17,18)20-2)11-21-8-15(9-22-12-16)14-6-4-3-5-7-14/h3-7,15H,8-13H2,1-2H3,(H,17,18). The molecule has 1 heterocycles.